The first kappa shape index (κ1) is 21.6. The summed E-state index contributed by atoms with van der Waals surface area (Å²) < 4.78 is 0. The van der Waals surface area contributed by atoms with E-state index < -0.39 is 0 Å². The number of aliphatic imine (C=N–C) groups is 1. The number of hydrogen-bond acceptors (Lipinski definition) is 9. The van der Waals surface area contributed by atoms with E-state index in [0.717, 1.165) is 37.3 Å². The molecule has 0 saturated carbocycles. The normalized spacial score (nSPS) is 14.4. The van der Waals surface area contributed by atoms with Crippen molar-refractivity contribution in [2.24, 2.45) is 4.99 Å². The molecule has 1 saturated heterocycles. The van der Waals surface area contributed by atoms with E-state index in [-0.39, 0.29) is 11.9 Å². The van der Waals surface area contributed by atoms with Crippen molar-refractivity contribution >= 4 is 40.6 Å². The maximum Gasteiger partial charge on any atom is 0.238 e. The number of aromatic nitrogens is 4. The Morgan fingerprint density at radius 3 is 2.56 bits per heavy atom. The third-order valence-electron chi connectivity index (χ3n) is 5.07. The summed E-state index contributed by atoms with van der Waals surface area (Å²) in [4.78, 5) is 35.7. The van der Waals surface area contributed by atoms with Crippen LogP contribution >= 0.6 is 12.2 Å². The van der Waals surface area contributed by atoms with Gasteiger partial charge in [-0.3, -0.25) is 19.7 Å². The minimum absolute atomic E-state index is 0.0394. The Kier molecular flexibility index (Phi) is 7.19. The Balaban J connectivity index is 1.30. The lowest BCUT2D eigenvalue weighted by Gasteiger charge is -2.28. The zero-order chi connectivity index (χ0) is 22.2. The minimum atomic E-state index is -0.0394. The summed E-state index contributed by atoms with van der Waals surface area (Å²) in [7, 11) is 0. The molecule has 10 heteroatoms. The van der Waals surface area contributed by atoms with Crippen molar-refractivity contribution in [3.63, 3.8) is 0 Å². The molecule has 2 N–H and O–H groups in total. The van der Waals surface area contributed by atoms with Crippen LogP contribution in [-0.2, 0) is 4.79 Å². The van der Waals surface area contributed by atoms with E-state index in [0.29, 0.717) is 23.9 Å². The largest absolute Gasteiger partial charge is 0.325 e. The number of rotatable bonds is 7. The highest BCUT2D eigenvalue weighted by Crippen LogP contribution is 2.19. The molecule has 3 heterocycles. The molecule has 3 aromatic rings. The van der Waals surface area contributed by atoms with Crippen molar-refractivity contribution in [2.45, 2.75) is 18.9 Å². The SMILES string of the molecule is O=C(CN1CCC(N=C=S)CC1)Nc1ccc(Nc2nccc(-c3cnccn3)n2)cc1. The number of carbonyl (C=O) groups is 1. The highest BCUT2D eigenvalue weighted by molar-refractivity contribution is 7.78. The van der Waals surface area contributed by atoms with Crippen molar-refractivity contribution in [2.75, 3.05) is 30.3 Å². The van der Waals surface area contributed by atoms with E-state index in [1.54, 1.807) is 30.9 Å². The van der Waals surface area contributed by atoms with Gasteiger partial charge in [0.25, 0.3) is 0 Å². The molecule has 9 nitrogen and oxygen atoms in total. The lowest BCUT2D eigenvalue weighted by Crippen LogP contribution is -2.40. The molecule has 0 radical (unpaired) electrons. The number of piperidine rings is 1. The van der Waals surface area contributed by atoms with Gasteiger partial charge in [0, 0.05) is 43.1 Å². The van der Waals surface area contributed by atoms with E-state index in [1.807, 2.05) is 24.3 Å². The van der Waals surface area contributed by atoms with Gasteiger partial charge < -0.3 is 10.6 Å². The third-order valence-corrected chi connectivity index (χ3v) is 5.17. The van der Waals surface area contributed by atoms with Gasteiger partial charge in [0.15, 0.2) is 0 Å². The van der Waals surface area contributed by atoms with Gasteiger partial charge >= 0.3 is 0 Å². The minimum Gasteiger partial charge on any atom is -0.325 e. The summed E-state index contributed by atoms with van der Waals surface area (Å²) in [5, 5.41) is 8.55. The van der Waals surface area contributed by atoms with Crippen LogP contribution in [0.4, 0.5) is 17.3 Å². The standard InChI is InChI=1S/C22H22N8OS/c31-21(14-30-11-6-16(7-12-30)26-15-32)27-17-1-3-18(4-2-17)28-22-25-8-5-19(29-22)20-13-23-9-10-24-20/h1-5,8-10,13,16H,6-7,11-12,14H2,(H,27,31)(H,25,28,29). The van der Waals surface area contributed by atoms with Crippen LogP contribution < -0.4 is 10.6 Å². The first-order valence-corrected chi connectivity index (χ1v) is 10.7. The van der Waals surface area contributed by atoms with E-state index in [1.165, 1.54) is 0 Å². The van der Waals surface area contributed by atoms with Gasteiger partial charge in [-0.25, -0.2) is 15.0 Å². The Hall–Kier alpha value is -3.59. The van der Waals surface area contributed by atoms with Gasteiger partial charge in [0.1, 0.15) is 5.69 Å². The van der Waals surface area contributed by atoms with Crippen LogP contribution in [0.5, 0.6) is 0 Å². The average molecular weight is 447 g/mol. The smallest absolute Gasteiger partial charge is 0.238 e. The van der Waals surface area contributed by atoms with Crippen molar-refractivity contribution in [3.05, 3.63) is 55.1 Å². The van der Waals surface area contributed by atoms with Gasteiger partial charge in [-0.15, -0.1) is 0 Å². The molecular weight excluding hydrogens is 424 g/mol. The van der Waals surface area contributed by atoms with Gasteiger partial charge in [-0.2, -0.15) is 0 Å². The first-order chi connectivity index (χ1) is 15.7. The molecule has 1 aliphatic heterocycles. The van der Waals surface area contributed by atoms with Crippen LogP contribution in [-0.4, -0.2) is 61.6 Å². The predicted molar refractivity (Wildman–Crippen MR) is 126 cm³/mol. The number of nitrogens with one attached hydrogen (secondary N) is 2. The molecule has 1 aliphatic rings. The Labute approximate surface area is 191 Å². The number of isothiocyanates is 1. The summed E-state index contributed by atoms with van der Waals surface area (Å²) >= 11 is 4.67. The number of hydrogen-bond donors (Lipinski definition) is 2. The highest BCUT2D eigenvalue weighted by atomic mass is 32.1. The molecule has 32 heavy (non-hydrogen) atoms. The fourth-order valence-corrected chi connectivity index (χ4v) is 3.59. The molecule has 1 amide bonds. The molecule has 0 aliphatic carbocycles. The maximum atomic E-state index is 12.4. The lowest BCUT2D eigenvalue weighted by molar-refractivity contribution is -0.117. The van der Waals surface area contributed by atoms with Crippen molar-refractivity contribution in [1.82, 2.24) is 24.8 Å². The number of carbonyl (C=O) groups excluding carboxylic acids is 1. The molecule has 162 valence electrons. The van der Waals surface area contributed by atoms with E-state index in [9.17, 15) is 4.79 Å². The molecule has 0 bridgehead atoms. The van der Waals surface area contributed by atoms with Crippen LogP contribution in [0.2, 0.25) is 0 Å². The predicted octanol–water partition coefficient (Wildman–Crippen LogP) is 3.18. The average Bonchev–Trinajstić information content (AvgIpc) is 2.83. The second kappa shape index (κ2) is 10.6. The van der Waals surface area contributed by atoms with Crippen LogP contribution in [0, 0.1) is 0 Å². The number of benzene rings is 1. The van der Waals surface area contributed by atoms with E-state index in [2.05, 4.69) is 57.8 Å². The first-order valence-electron chi connectivity index (χ1n) is 10.3. The quantitative estimate of drug-likeness (QED) is 0.421. The lowest BCUT2D eigenvalue weighted by atomic mass is 10.1. The molecular formula is C22H22N8OS. The van der Waals surface area contributed by atoms with Gasteiger partial charge in [0.05, 0.1) is 29.6 Å². The number of likely N-dealkylation sites (tertiary alicyclic amines) is 1. The Bertz CT molecular complexity index is 1090. The molecule has 2 aromatic heterocycles. The van der Waals surface area contributed by atoms with Crippen LogP contribution in [0.1, 0.15) is 12.8 Å². The third kappa shape index (κ3) is 5.98. The summed E-state index contributed by atoms with van der Waals surface area (Å²) in [5.74, 6) is 0.411. The van der Waals surface area contributed by atoms with Crippen molar-refractivity contribution < 1.29 is 4.79 Å². The van der Waals surface area contributed by atoms with Crippen LogP contribution in [0.25, 0.3) is 11.4 Å². The van der Waals surface area contributed by atoms with E-state index >= 15 is 0 Å². The van der Waals surface area contributed by atoms with Gasteiger partial charge in [-0.05, 0) is 55.4 Å². The summed E-state index contributed by atoms with van der Waals surface area (Å²) in [6.07, 6.45) is 8.35. The molecule has 1 aromatic carbocycles. The monoisotopic (exact) mass is 446 g/mol. The zero-order valence-electron chi connectivity index (χ0n) is 17.3. The fraction of sp³-hybridized carbons (Fsp3) is 0.273. The summed E-state index contributed by atoms with van der Waals surface area (Å²) in [6.45, 7) is 2.02. The second-order valence-electron chi connectivity index (χ2n) is 7.33. The molecule has 0 atom stereocenters. The maximum absolute atomic E-state index is 12.4. The van der Waals surface area contributed by atoms with Crippen molar-refractivity contribution in [1.29, 1.82) is 0 Å². The Morgan fingerprint density at radius 2 is 1.84 bits per heavy atom. The second-order valence-corrected chi connectivity index (χ2v) is 7.52. The molecule has 4 rings (SSSR count). The topological polar surface area (TPSA) is 108 Å². The highest BCUT2D eigenvalue weighted by Gasteiger charge is 2.20. The van der Waals surface area contributed by atoms with Crippen LogP contribution in [0.3, 0.4) is 0 Å². The number of nitrogens with zero attached hydrogens (tertiary/aromatic N) is 6. The number of amides is 1. The van der Waals surface area contributed by atoms with Crippen molar-refractivity contribution in [3.8, 4) is 11.4 Å². The van der Waals surface area contributed by atoms with E-state index in [4.69, 9.17) is 0 Å². The number of thiocarbonyl (C=S) groups is 1. The van der Waals surface area contributed by atoms with Gasteiger partial charge in [-0.1, -0.05) is 0 Å². The van der Waals surface area contributed by atoms with Crippen LogP contribution in [0.15, 0.2) is 60.1 Å². The molecule has 0 spiro atoms. The summed E-state index contributed by atoms with van der Waals surface area (Å²) in [6, 6.07) is 9.42. The molecule has 0 unspecified atom stereocenters. The molecule has 1 fully saturated rings. The van der Waals surface area contributed by atoms with Gasteiger partial charge in [0.2, 0.25) is 11.9 Å². The fourth-order valence-electron chi connectivity index (χ4n) is 3.44. The number of anilines is 3. The Morgan fingerprint density at radius 1 is 1.06 bits per heavy atom. The summed E-state index contributed by atoms with van der Waals surface area (Å²) in [5.41, 5.74) is 2.89. The zero-order valence-corrected chi connectivity index (χ0v) is 18.1.